The molecule has 0 atom stereocenters. The molecule has 0 spiro atoms. The third-order valence-corrected chi connectivity index (χ3v) is 18.6. The zero-order chi connectivity index (χ0) is 44.1. The Balaban J connectivity index is 1.08. The lowest BCUT2D eigenvalue weighted by atomic mass is 10.1. The molecule has 0 aliphatic heterocycles. The van der Waals surface area contributed by atoms with E-state index in [1.54, 1.807) is 0 Å². The number of benzene rings is 9. The van der Waals surface area contributed by atoms with E-state index in [1.807, 2.05) is 0 Å². The van der Waals surface area contributed by atoms with Crippen molar-refractivity contribution in [2.75, 3.05) is 0 Å². The van der Waals surface area contributed by atoms with Crippen molar-refractivity contribution in [3.8, 4) is 22.8 Å². The lowest BCUT2D eigenvalue weighted by Crippen LogP contribution is -2.74. The third-order valence-electron chi connectivity index (χ3n) is 13.8. The summed E-state index contributed by atoms with van der Waals surface area (Å²) in [7, 11) is -3.12. The van der Waals surface area contributed by atoms with Crippen LogP contribution in [0.15, 0.2) is 241 Å². The first kappa shape index (κ1) is 37.6. The summed E-state index contributed by atoms with van der Waals surface area (Å²) in [5, 5.41) is 9.63. The molecule has 5 heterocycles. The van der Waals surface area contributed by atoms with E-state index in [0.29, 0.717) is 0 Å². The Morgan fingerprint density at radius 2 is 0.896 bits per heavy atom. The zero-order valence-corrected chi connectivity index (χ0v) is 37.2. The van der Waals surface area contributed by atoms with E-state index in [9.17, 15) is 0 Å². The average molecular weight is 874 g/mol. The number of furan rings is 1. The van der Waals surface area contributed by atoms with Crippen LogP contribution in [0.3, 0.4) is 0 Å². The molecule has 0 aliphatic rings. The zero-order valence-electron chi connectivity index (χ0n) is 36.2. The number of imidazole rings is 2. The van der Waals surface area contributed by atoms with Crippen LogP contribution in [0, 0.1) is 0 Å². The minimum Gasteiger partial charge on any atom is -0.456 e. The van der Waals surface area contributed by atoms with E-state index >= 15 is 0 Å². The molecule has 0 saturated heterocycles. The van der Waals surface area contributed by atoms with E-state index in [4.69, 9.17) is 14.4 Å². The normalized spacial score (nSPS) is 12.2. The highest BCUT2D eigenvalue weighted by Crippen LogP contribution is 2.36. The summed E-state index contributed by atoms with van der Waals surface area (Å²) in [6.07, 6.45) is 0. The first-order valence-corrected chi connectivity index (χ1v) is 24.7. The van der Waals surface area contributed by atoms with Crippen molar-refractivity contribution in [1.82, 2.24) is 23.5 Å². The van der Waals surface area contributed by atoms with E-state index in [-0.39, 0.29) is 0 Å². The number of pyridine rings is 1. The van der Waals surface area contributed by atoms with Crippen molar-refractivity contribution in [1.29, 1.82) is 0 Å². The van der Waals surface area contributed by atoms with E-state index in [2.05, 4.69) is 250 Å². The van der Waals surface area contributed by atoms with Crippen molar-refractivity contribution in [3.05, 3.63) is 237 Å². The molecule has 0 fully saturated rings. The number of nitrogens with zero attached hydrogens (tertiary/aromatic N) is 5. The van der Waals surface area contributed by atoms with Crippen LogP contribution in [0.2, 0.25) is 0 Å². The molecule has 6 nitrogen and oxygen atoms in total. The maximum Gasteiger partial charge on any atom is 0.221 e. The quantitative estimate of drug-likeness (QED) is 0.118. The Kier molecular flexibility index (Phi) is 8.20. The molecular weight excluding hydrogens is 835 g/mol. The second kappa shape index (κ2) is 14.6. The summed E-state index contributed by atoms with van der Waals surface area (Å²) in [6.45, 7) is 0. The number of fused-ring (bicyclic) bond motifs is 11. The van der Waals surface area contributed by atoms with Gasteiger partial charge in [0, 0.05) is 21.5 Å². The molecule has 14 rings (SSSR count). The predicted molar refractivity (Wildman–Crippen MR) is 278 cm³/mol. The molecule has 67 heavy (non-hydrogen) atoms. The minimum atomic E-state index is -3.12. The van der Waals surface area contributed by atoms with Crippen LogP contribution in [0.1, 0.15) is 0 Å². The van der Waals surface area contributed by atoms with Crippen molar-refractivity contribution >= 4 is 100 Å². The van der Waals surface area contributed by atoms with Crippen molar-refractivity contribution < 1.29 is 4.42 Å². The Labute approximate surface area is 385 Å². The molecule has 0 unspecified atom stereocenters. The van der Waals surface area contributed by atoms with Crippen LogP contribution in [0.5, 0.6) is 0 Å². The van der Waals surface area contributed by atoms with Gasteiger partial charge in [-0.25, -0.2) is 9.97 Å². The Bertz CT molecular complexity index is 4150. The highest BCUT2D eigenvalue weighted by molar-refractivity contribution is 7.20. The largest absolute Gasteiger partial charge is 0.456 e. The fourth-order valence-electron chi connectivity index (χ4n) is 11.0. The van der Waals surface area contributed by atoms with Crippen LogP contribution >= 0.6 is 0 Å². The van der Waals surface area contributed by atoms with Gasteiger partial charge < -0.3 is 4.42 Å². The second-order valence-corrected chi connectivity index (χ2v) is 21.1. The number of hydrogen-bond donors (Lipinski definition) is 0. The molecule has 0 saturated carbocycles. The topological polar surface area (TPSA) is 53.2 Å². The average Bonchev–Trinajstić information content (AvgIpc) is 4.15. The Morgan fingerprint density at radius 3 is 1.61 bits per heavy atom. The maximum absolute atomic E-state index is 6.96. The summed E-state index contributed by atoms with van der Waals surface area (Å²) >= 11 is 0. The number of hydrogen-bond acceptors (Lipinski definition) is 3. The van der Waals surface area contributed by atoms with Gasteiger partial charge in [-0.05, 0) is 86.5 Å². The van der Waals surface area contributed by atoms with Crippen LogP contribution in [-0.4, -0.2) is 31.6 Å². The molecule has 0 bridgehead atoms. The Morgan fingerprint density at radius 1 is 0.358 bits per heavy atom. The standard InChI is InChI=1S/C60H39N5OSi/c1-3-20-42(21-4-1)67(43-22-5-2-6-23-43,56-36-18-28-48-47-27-9-16-35-55(47)66-59(48)56)44-24-17-19-40(37-44)41-38-57(63-50-30-11-7-25-45(50)46-26-8-12-31-51(46)63)62-58(39-41)65-54-34-15-14-33-53(54)64-52-32-13-10-29-49(52)61-60(64)65/h1-39H. The summed E-state index contributed by atoms with van der Waals surface area (Å²) in [5.41, 5.74) is 10.2. The van der Waals surface area contributed by atoms with Gasteiger partial charge in [0.15, 0.2) is 8.07 Å². The monoisotopic (exact) mass is 873 g/mol. The summed E-state index contributed by atoms with van der Waals surface area (Å²) < 4.78 is 13.8. The molecule has 14 aromatic rings. The predicted octanol–water partition coefficient (Wildman–Crippen LogP) is 11.9. The maximum atomic E-state index is 6.96. The van der Waals surface area contributed by atoms with E-state index in [1.165, 1.54) is 31.5 Å². The Hall–Kier alpha value is -8.78. The molecule has 0 radical (unpaired) electrons. The van der Waals surface area contributed by atoms with Crippen LogP contribution in [0.25, 0.3) is 94.4 Å². The van der Waals surface area contributed by atoms with Gasteiger partial charge in [0.1, 0.15) is 22.8 Å². The number of para-hydroxylation sites is 8. The van der Waals surface area contributed by atoms with Crippen molar-refractivity contribution in [3.63, 3.8) is 0 Å². The summed E-state index contributed by atoms with van der Waals surface area (Å²) in [6, 6.07) is 85.3. The van der Waals surface area contributed by atoms with Gasteiger partial charge in [-0.15, -0.1) is 0 Å². The number of aromatic nitrogens is 5. The van der Waals surface area contributed by atoms with E-state index in [0.717, 1.165) is 83.6 Å². The lowest BCUT2D eigenvalue weighted by Gasteiger charge is -2.34. The summed E-state index contributed by atoms with van der Waals surface area (Å²) in [4.78, 5) is 10.9. The SMILES string of the molecule is c1ccc([Si](c2ccccc2)(c2cccc(-c3cc(-n4c5ccccc5c5ccccc54)nc(-n4c5ccccc5n5c6ccccc6nc45)c3)c2)c2cccc3c2oc2ccccc23)cc1. The molecule has 314 valence electrons. The molecule has 5 aromatic heterocycles. The van der Waals surface area contributed by atoms with Crippen LogP contribution in [-0.2, 0) is 0 Å². The van der Waals surface area contributed by atoms with Gasteiger partial charge in [-0.2, -0.15) is 0 Å². The van der Waals surface area contributed by atoms with Crippen LogP contribution in [0.4, 0.5) is 0 Å². The van der Waals surface area contributed by atoms with Gasteiger partial charge in [-0.3, -0.25) is 13.5 Å². The first-order chi connectivity index (χ1) is 33.2. The first-order valence-electron chi connectivity index (χ1n) is 22.7. The van der Waals surface area contributed by atoms with E-state index < -0.39 is 8.07 Å². The lowest BCUT2D eigenvalue weighted by molar-refractivity contribution is 0.671. The third kappa shape index (κ3) is 5.49. The molecule has 9 aromatic carbocycles. The smallest absolute Gasteiger partial charge is 0.221 e. The second-order valence-electron chi connectivity index (χ2n) is 17.3. The summed E-state index contributed by atoms with van der Waals surface area (Å²) in [5.74, 6) is 2.42. The molecular formula is C60H39N5OSi. The van der Waals surface area contributed by atoms with Gasteiger partial charge in [0.05, 0.1) is 33.1 Å². The van der Waals surface area contributed by atoms with Crippen molar-refractivity contribution in [2.24, 2.45) is 0 Å². The van der Waals surface area contributed by atoms with Gasteiger partial charge in [0.25, 0.3) is 0 Å². The van der Waals surface area contributed by atoms with Crippen molar-refractivity contribution in [2.45, 2.75) is 0 Å². The molecule has 0 aliphatic carbocycles. The number of rotatable bonds is 7. The fourth-order valence-corrected chi connectivity index (χ4v) is 15.9. The van der Waals surface area contributed by atoms with Gasteiger partial charge in [0.2, 0.25) is 5.78 Å². The highest BCUT2D eigenvalue weighted by atomic mass is 28.3. The van der Waals surface area contributed by atoms with Gasteiger partial charge in [-0.1, -0.05) is 182 Å². The molecule has 0 amide bonds. The fraction of sp³-hybridized carbons (Fsp3) is 0. The van der Waals surface area contributed by atoms with Crippen LogP contribution < -0.4 is 20.7 Å². The van der Waals surface area contributed by atoms with Gasteiger partial charge >= 0.3 is 0 Å². The molecule has 7 heteroatoms. The molecule has 0 N–H and O–H groups in total. The minimum absolute atomic E-state index is 0.781. The highest BCUT2D eigenvalue weighted by Gasteiger charge is 2.44.